The van der Waals surface area contributed by atoms with Gasteiger partial charge in [0.05, 0.1) is 49.7 Å². The van der Waals surface area contributed by atoms with Gasteiger partial charge in [0.15, 0.2) is 0 Å². The monoisotopic (exact) mass is 682 g/mol. The Balaban J connectivity index is 1.34. The second kappa shape index (κ2) is 13.9. The predicted molar refractivity (Wildman–Crippen MR) is 176 cm³/mol. The number of carbonyl (C=O) groups is 1. The number of likely N-dealkylation sites (tertiary alicyclic amines) is 1. The third kappa shape index (κ3) is 7.75. The number of nitrogens with zero attached hydrogens (tertiary/aromatic N) is 5. The maximum atomic E-state index is 12.2. The molecule has 1 amide bonds. The standard InChI is InChI=1S/C32H32Cl2N6O7/c1-32(2,3)47-31(41)39-15-21(16-39)46-20-9-8-18(24(13-20)40(42)43)11-19-12-23(37-17-36-19)22-7-6-10-35-30(22)38-29-27(33)25(44-4)14-26(45-5)28(29)34/h6-10,12-14,17,21H,11,15-16H2,1-5H3,(H,35,38). The molecule has 0 unspecified atom stereocenters. The molecule has 1 fully saturated rings. The zero-order valence-electron chi connectivity index (χ0n) is 26.2. The summed E-state index contributed by atoms with van der Waals surface area (Å²) in [5, 5.41) is 15.7. The number of rotatable bonds is 10. The number of anilines is 2. The minimum atomic E-state index is -0.602. The van der Waals surface area contributed by atoms with Crippen LogP contribution in [-0.4, -0.2) is 69.9 Å². The van der Waals surface area contributed by atoms with Gasteiger partial charge in [-0.05, 0) is 51.1 Å². The van der Waals surface area contributed by atoms with Gasteiger partial charge in [0.2, 0.25) is 0 Å². The van der Waals surface area contributed by atoms with E-state index >= 15 is 0 Å². The Morgan fingerprint density at radius 2 is 1.74 bits per heavy atom. The summed E-state index contributed by atoms with van der Waals surface area (Å²) in [6.45, 7) is 6.03. The molecule has 0 spiro atoms. The molecule has 246 valence electrons. The van der Waals surface area contributed by atoms with Crippen molar-refractivity contribution in [2.45, 2.75) is 38.9 Å². The van der Waals surface area contributed by atoms with Gasteiger partial charge in [0.1, 0.15) is 51.1 Å². The fourth-order valence-corrected chi connectivity index (χ4v) is 5.37. The van der Waals surface area contributed by atoms with E-state index < -0.39 is 16.6 Å². The second-order valence-corrected chi connectivity index (χ2v) is 12.3. The van der Waals surface area contributed by atoms with E-state index in [0.29, 0.717) is 64.4 Å². The molecule has 15 heteroatoms. The smallest absolute Gasteiger partial charge is 0.410 e. The number of aromatic nitrogens is 3. The van der Waals surface area contributed by atoms with Crippen LogP contribution in [0.2, 0.25) is 10.0 Å². The van der Waals surface area contributed by atoms with Gasteiger partial charge >= 0.3 is 6.09 Å². The zero-order valence-corrected chi connectivity index (χ0v) is 27.8. The zero-order chi connectivity index (χ0) is 33.9. The van der Waals surface area contributed by atoms with Crippen LogP contribution in [0, 0.1) is 10.1 Å². The fraction of sp³-hybridized carbons (Fsp3) is 0.312. The predicted octanol–water partition coefficient (Wildman–Crippen LogP) is 7.10. The third-order valence-corrected chi connectivity index (χ3v) is 7.80. The number of amides is 1. The van der Waals surface area contributed by atoms with Crippen LogP contribution in [0.1, 0.15) is 32.0 Å². The maximum absolute atomic E-state index is 12.2. The number of benzene rings is 2. The average molecular weight is 684 g/mol. The molecule has 0 aliphatic carbocycles. The van der Waals surface area contributed by atoms with Crippen LogP contribution in [0.15, 0.2) is 55.0 Å². The third-order valence-electron chi connectivity index (χ3n) is 7.05. The topological polar surface area (TPSA) is 151 Å². The number of carbonyl (C=O) groups excluding carboxylic acids is 1. The average Bonchev–Trinajstić information content (AvgIpc) is 3.01. The molecule has 1 N–H and O–H groups in total. The van der Waals surface area contributed by atoms with Gasteiger partial charge < -0.3 is 29.2 Å². The Morgan fingerprint density at radius 3 is 2.38 bits per heavy atom. The molecule has 1 saturated heterocycles. The minimum absolute atomic E-state index is 0.119. The van der Waals surface area contributed by atoms with Crippen molar-refractivity contribution in [3.63, 3.8) is 0 Å². The van der Waals surface area contributed by atoms with Gasteiger partial charge in [0.25, 0.3) is 5.69 Å². The van der Waals surface area contributed by atoms with E-state index in [2.05, 4.69) is 20.3 Å². The highest BCUT2D eigenvalue weighted by molar-refractivity contribution is 6.41. The van der Waals surface area contributed by atoms with Crippen molar-refractivity contribution in [1.82, 2.24) is 19.9 Å². The summed E-state index contributed by atoms with van der Waals surface area (Å²) in [5.74, 6) is 1.43. The Bertz CT molecular complexity index is 1780. The molecule has 0 radical (unpaired) electrons. The largest absolute Gasteiger partial charge is 0.495 e. The van der Waals surface area contributed by atoms with E-state index in [1.807, 2.05) is 0 Å². The first-order valence-corrected chi connectivity index (χ1v) is 15.2. The van der Waals surface area contributed by atoms with Crippen molar-refractivity contribution in [1.29, 1.82) is 0 Å². The quantitative estimate of drug-likeness (QED) is 0.135. The number of hydrogen-bond donors (Lipinski definition) is 1. The Hall–Kier alpha value is -4.88. The van der Waals surface area contributed by atoms with Gasteiger partial charge in [-0.25, -0.2) is 19.7 Å². The number of methoxy groups -OCH3 is 2. The van der Waals surface area contributed by atoms with Crippen LogP contribution in [-0.2, 0) is 11.2 Å². The fourth-order valence-electron chi connectivity index (χ4n) is 4.78. The van der Waals surface area contributed by atoms with Gasteiger partial charge in [-0.1, -0.05) is 23.2 Å². The molecular weight excluding hydrogens is 651 g/mol. The summed E-state index contributed by atoms with van der Waals surface area (Å²) in [5.41, 5.74) is 1.69. The number of nitro groups is 1. The molecular formula is C32H32Cl2N6O7. The molecule has 1 aliphatic heterocycles. The van der Waals surface area contributed by atoms with Crippen LogP contribution in [0.4, 0.5) is 22.0 Å². The lowest BCUT2D eigenvalue weighted by Crippen LogP contribution is -2.57. The first-order chi connectivity index (χ1) is 22.4. The van der Waals surface area contributed by atoms with Crippen molar-refractivity contribution in [3.05, 3.63) is 86.4 Å². The van der Waals surface area contributed by atoms with Crippen LogP contribution < -0.4 is 19.5 Å². The first kappa shape index (κ1) is 33.5. The lowest BCUT2D eigenvalue weighted by Gasteiger charge is -2.39. The van der Waals surface area contributed by atoms with Crippen molar-refractivity contribution in [2.24, 2.45) is 0 Å². The maximum Gasteiger partial charge on any atom is 0.410 e. The van der Waals surface area contributed by atoms with Crippen molar-refractivity contribution < 1.29 is 28.7 Å². The number of nitrogens with one attached hydrogen (secondary N) is 1. The summed E-state index contributed by atoms with van der Waals surface area (Å²) in [6, 6.07) is 11.5. The molecule has 47 heavy (non-hydrogen) atoms. The highest BCUT2D eigenvalue weighted by Gasteiger charge is 2.35. The van der Waals surface area contributed by atoms with E-state index in [-0.39, 0.29) is 28.3 Å². The van der Waals surface area contributed by atoms with Crippen molar-refractivity contribution >= 4 is 46.5 Å². The molecule has 3 heterocycles. The van der Waals surface area contributed by atoms with Crippen LogP contribution in [0.5, 0.6) is 17.2 Å². The number of pyridine rings is 1. The van der Waals surface area contributed by atoms with E-state index in [9.17, 15) is 14.9 Å². The van der Waals surface area contributed by atoms with E-state index in [0.717, 1.165) is 0 Å². The summed E-state index contributed by atoms with van der Waals surface area (Å²) in [4.78, 5) is 38.6. The normalized spacial score (nSPS) is 13.0. The molecule has 0 bridgehead atoms. The Labute approximate surface area is 280 Å². The minimum Gasteiger partial charge on any atom is -0.495 e. The summed E-state index contributed by atoms with van der Waals surface area (Å²) in [6.07, 6.45) is 2.40. The van der Waals surface area contributed by atoms with Crippen LogP contribution >= 0.6 is 23.2 Å². The molecule has 2 aromatic carbocycles. The molecule has 0 saturated carbocycles. The van der Waals surface area contributed by atoms with Gasteiger partial charge in [-0.15, -0.1) is 0 Å². The van der Waals surface area contributed by atoms with Gasteiger partial charge in [-0.2, -0.15) is 0 Å². The molecule has 2 aromatic heterocycles. The highest BCUT2D eigenvalue weighted by atomic mass is 35.5. The second-order valence-electron chi connectivity index (χ2n) is 11.6. The number of halogens is 2. The molecule has 5 rings (SSSR count). The van der Waals surface area contributed by atoms with Crippen molar-refractivity contribution in [2.75, 3.05) is 32.6 Å². The van der Waals surface area contributed by atoms with Gasteiger partial charge in [0, 0.05) is 35.5 Å². The number of ether oxygens (including phenoxy) is 4. The van der Waals surface area contributed by atoms with Gasteiger partial charge in [-0.3, -0.25) is 10.1 Å². The highest BCUT2D eigenvalue weighted by Crippen LogP contribution is 2.45. The molecule has 13 nitrogen and oxygen atoms in total. The summed E-state index contributed by atoms with van der Waals surface area (Å²) < 4.78 is 22.0. The SMILES string of the molecule is COc1cc(OC)c(Cl)c(Nc2ncccc2-c2cc(Cc3ccc(OC4CN(C(=O)OC(C)(C)C)C4)cc3[N+](=O)[O-])ncn2)c1Cl. The van der Waals surface area contributed by atoms with E-state index in [1.165, 1.54) is 31.5 Å². The number of nitro benzene ring substituents is 1. The molecule has 1 aliphatic rings. The molecule has 4 aromatic rings. The molecule has 0 atom stereocenters. The first-order valence-electron chi connectivity index (χ1n) is 14.4. The van der Waals surface area contributed by atoms with Crippen LogP contribution in [0.3, 0.4) is 0 Å². The lowest BCUT2D eigenvalue weighted by atomic mass is 10.0. The Kier molecular flexibility index (Phi) is 9.87. The Morgan fingerprint density at radius 1 is 1.04 bits per heavy atom. The lowest BCUT2D eigenvalue weighted by molar-refractivity contribution is -0.385. The summed E-state index contributed by atoms with van der Waals surface area (Å²) >= 11 is 13.1. The number of hydrogen-bond acceptors (Lipinski definition) is 11. The summed E-state index contributed by atoms with van der Waals surface area (Å²) in [7, 11) is 2.96. The van der Waals surface area contributed by atoms with E-state index in [1.54, 1.807) is 63.4 Å². The van der Waals surface area contributed by atoms with Crippen molar-refractivity contribution in [3.8, 4) is 28.5 Å². The van der Waals surface area contributed by atoms with E-state index in [4.69, 9.17) is 42.1 Å². The van der Waals surface area contributed by atoms with Crippen LogP contribution in [0.25, 0.3) is 11.3 Å².